The van der Waals surface area contributed by atoms with Crippen molar-refractivity contribution in [3.8, 4) is 11.5 Å². The predicted molar refractivity (Wildman–Crippen MR) is 103 cm³/mol. The number of hydrogen-bond donors (Lipinski definition) is 0. The molecular formula is C21H31NO5. The van der Waals surface area contributed by atoms with E-state index in [1.54, 1.807) is 19.1 Å². The molecule has 0 aliphatic carbocycles. The average Bonchev–Trinajstić information content (AvgIpc) is 3.06. The Morgan fingerprint density at radius 3 is 2.48 bits per heavy atom. The van der Waals surface area contributed by atoms with Crippen LogP contribution in [0, 0.1) is 0 Å². The van der Waals surface area contributed by atoms with Crippen LogP contribution in [-0.2, 0) is 16.0 Å². The maximum Gasteiger partial charge on any atom is 0.410 e. The smallest absolute Gasteiger partial charge is 0.410 e. The molecule has 6 heteroatoms. The van der Waals surface area contributed by atoms with Gasteiger partial charge < -0.3 is 19.1 Å². The van der Waals surface area contributed by atoms with E-state index < -0.39 is 5.60 Å². The molecule has 1 heterocycles. The summed E-state index contributed by atoms with van der Waals surface area (Å²) in [6.07, 6.45) is 2.89. The summed E-state index contributed by atoms with van der Waals surface area (Å²) in [7, 11) is 3.19. The van der Waals surface area contributed by atoms with Crippen LogP contribution in [0.25, 0.3) is 0 Å². The van der Waals surface area contributed by atoms with Crippen LogP contribution < -0.4 is 9.47 Å². The normalized spacial score (nSPS) is 16.9. The van der Waals surface area contributed by atoms with Gasteiger partial charge in [-0.15, -0.1) is 0 Å². The zero-order chi connectivity index (χ0) is 20.0. The molecule has 1 amide bonds. The van der Waals surface area contributed by atoms with Crippen molar-refractivity contribution in [2.75, 3.05) is 20.8 Å². The van der Waals surface area contributed by atoms with Crippen LogP contribution in [0.5, 0.6) is 11.5 Å². The van der Waals surface area contributed by atoms with Crippen molar-refractivity contribution >= 4 is 11.9 Å². The molecule has 1 saturated heterocycles. The molecule has 1 aliphatic rings. The minimum Gasteiger partial charge on any atom is -0.493 e. The maximum atomic E-state index is 12.5. The molecule has 0 spiro atoms. The molecule has 1 aliphatic heterocycles. The number of benzene rings is 1. The van der Waals surface area contributed by atoms with Crippen LogP contribution in [0.3, 0.4) is 0 Å². The third kappa shape index (κ3) is 6.15. The van der Waals surface area contributed by atoms with Crippen LogP contribution in [0.1, 0.15) is 52.0 Å². The predicted octanol–water partition coefficient (Wildman–Crippen LogP) is 4.00. The molecular weight excluding hydrogens is 346 g/mol. The van der Waals surface area contributed by atoms with Gasteiger partial charge in [-0.05, 0) is 57.7 Å². The molecule has 6 nitrogen and oxygen atoms in total. The lowest BCUT2D eigenvalue weighted by Crippen LogP contribution is -2.40. The van der Waals surface area contributed by atoms with Crippen molar-refractivity contribution < 1.29 is 23.8 Å². The van der Waals surface area contributed by atoms with Gasteiger partial charge in [0.2, 0.25) is 0 Å². The summed E-state index contributed by atoms with van der Waals surface area (Å²) in [5.74, 6) is 1.49. The van der Waals surface area contributed by atoms with Crippen LogP contribution in [0.2, 0.25) is 0 Å². The van der Waals surface area contributed by atoms with E-state index in [1.165, 1.54) is 0 Å². The highest BCUT2D eigenvalue weighted by atomic mass is 16.6. The molecule has 0 saturated carbocycles. The number of nitrogens with zero attached hydrogens (tertiary/aromatic N) is 1. The van der Waals surface area contributed by atoms with E-state index in [4.69, 9.17) is 14.2 Å². The fourth-order valence-corrected chi connectivity index (χ4v) is 3.29. The molecule has 1 aromatic carbocycles. The van der Waals surface area contributed by atoms with Crippen molar-refractivity contribution in [3.63, 3.8) is 0 Å². The van der Waals surface area contributed by atoms with Gasteiger partial charge in [0.15, 0.2) is 11.5 Å². The summed E-state index contributed by atoms with van der Waals surface area (Å²) in [6.45, 7) is 6.21. The summed E-state index contributed by atoms with van der Waals surface area (Å²) >= 11 is 0. The van der Waals surface area contributed by atoms with Crippen molar-refractivity contribution in [2.45, 2.75) is 64.5 Å². The summed E-state index contributed by atoms with van der Waals surface area (Å²) in [5.41, 5.74) is 0.498. The standard InChI is InChI=1S/C21H31NO5/c1-21(2,3)27-20(24)22-12-6-7-16(22)14-17(23)10-8-15-9-11-18(25-4)19(13-15)26-5/h9,11,13,16H,6-8,10,12,14H2,1-5H3/t16-/m1/s1. The van der Waals surface area contributed by atoms with Gasteiger partial charge in [-0.1, -0.05) is 6.07 Å². The molecule has 2 rings (SSSR count). The fraction of sp³-hybridized carbons (Fsp3) is 0.619. The Bertz CT molecular complexity index is 665. The lowest BCUT2D eigenvalue weighted by Gasteiger charge is -2.28. The lowest BCUT2D eigenvalue weighted by molar-refractivity contribution is -0.119. The van der Waals surface area contributed by atoms with E-state index >= 15 is 0 Å². The first kappa shape index (κ1) is 21.1. The van der Waals surface area contributed by atoms with Crippen molar-refractivity contribution in [2.24, 2.45) is 0 Å². The van der Waals surface area contributed by atoms with Gasteiger partial charge in [0.25, 0.3) is 0 Å². The third-order valence-corrected chi connectivity index (χ3v) is 4.61. The van der Waals surface area contributed by atoms with Crippen molar-refractivity contribution in [1.82, 2.24) is 4.90 Å². The second-order valence-electron chi connectivity index (χ2n) is 7.90. The first-order valence-corrected chi connectivity index (χ1v) is 9.45. The summed E-state index contributed by atoms with van der Waals surface area (Å²) in [4.78, 5) is 26.5. The zero-order valence-electron chi connectivity index (χ0n) is 17.0. The highest BCUT2D eigenvalue weighted by molar-refractivity contribution is 5.80. The minimum atomic E-state index is -0.526. The molecule has 0 radical (unpaired) electrons. The molecule has 1 aromatic rings. The van der Waals surface area contributed by atoms with Gasteiger partial charge in [0.1, 0.15) is 11.4 Å². The van der Waals surface area contributed by atoms with Crippen molar-refractivity contribution in [1.29, 1.82) is 0 Å². The number of ether oxygens (including phenoxy) is 3. The van der Waals surface area contributed by atoms with Gasteiger partial charge in [0.05, 0.1) is 14.2 Å². The Hall–Kier alpha value is -2.24. The van der Waals surface area contributed by atoms with Crippen LogP contribution in [0.4, 0.5) is 4.79 Å². The molecule has 1 atom stereocenters. The molecule has 0 aromatic heterocycles. The number of carbonyl (C=O) groups is 2. The maximum absolute atomic E-state index is 12.5. The first-order chi connectivity index (χ1) is 12.7. The molecule has 1 fully saturated rings. The van der Waals surface area contributed by atoms with E-state index in [1.807, 2.05) is 39.0 Å². The average molecular weight is 377 g/mol. The van der Waals surface area contributed by atoms with Gasteiger partial charge in [0, 0.05) is 25.4 Å². The molecule has 150 valence electrons. The number of Topliss-reactive ketones (excluding diaryl/α,β-unsaturated/α-hetero) is 1. The number of carbonyl (C=O) groups excluding carboxylic acids is 2. The van der Waals surface area contributed by atoms with Gasteiger partial charge >= 0.3 is 6.09 Å². The Kier molecular flexibility index (Phi) is 7.11. The van der Waals surface area contributed by atoms with Crippen LogP contribution >= 0.6 is 0 Å². The van der Waals surface area contributed by atoms with E-state index in [-0.39, 0.29) is 17.9 Å². The van der Waals surface area contributed by atoms with Gasteiger partial charge in [-0.2, -0.15) is 0 Å². The van der Waals surface area contributed by atoms with E-state index in [0.717, 1.165) is 18.4 Å². The number of hydrogen-bond acceptors (Lipinski definition) is 5. The SMILES string of the molecule is COc1ccc(CCC(=O)C[C@H]2CCCN2C(=O)OC(C)(C)C)cc1OC. The van der Waals surface area contributed by atoms with Gasteiger partial charge in [-0.25, -0.2) is 4.79 Å². The minimum absolute atomic E-state index is 0.0576. The molecule has 0 N–H and O–H groups in total. The summed E-state index contributed by atoms with van der Waals surface area (Å²) < 4.78 is 16.0. The second kappa shape index (κ2) is 9.11. The van der Waals surface area contributed by atoms with Crippen LogP contribution in [-0.4, -0.2) is 49.2 Å². The first-order valence-electron chi connectivity index (χ1n) is 9.45. The quantitative estimate of drug-likeness (QED) is 0.719. The third-order valence-electron chi connectivity index (χ3n) is 4.61. The number of rotatable bonds is 7. The summed E-state index contributed by atoms with van der Waals surface area (Å²) in [5, 5.41) is 0. The highest BCUT2D eigenvalue weighted by Gasteiger charge is 2.33. The number of methoxy groups -OCH3 is 2. The van der Waals surface area contributed by atoms with E-state index in [0.29, 0.717) is 37.3 Å². The second-order valence-corrected chi connectivity index (χ2v) is 7.90. The Morgan fingerprint density at radius 2 is 1.85 bits per heavy atom. The highest BCUT2D eigenvalue weighted by Crippen LogP contribution is 2.28. The zero-order valence-corrected chi connectivity index (χ0v) is 17.0. The number of amides is 1. The van der Waals surface area contributed by atoms with E-state index in [2.05, 4.69) is 0 Å². The molecule has 0 unspecified atom stereocenters. The number of likely N-dealkylation sites (tertiary alicyclic amines) is 1. The van der Waals surface area contributed by atoms with Crippen molar-refractivity contribution in [3.05, 3.63) is 23.8 Å². The largest absolute Gasteiger partial charge is 0.493 e. The topological polar surface area (TPSA) is 65.1 Å². The Morgan fingerprint density at radius 1 is 1.15 bits per heavy atom. The number of aryl methyl sites for hydroxylation is 1. The number of ketones is 1. The molecule has 0 bridgehead atoms. The molecule has 27 heavy (non-hydrogen) atoms. The Balaban J connectivity index is 1.88. The lowest BCUT2D eigenvalue weighted by atomic mass is 10.0. The Labute approximate surface area is 161 Å². The van der Waals surface area contributed by atoms with Gasteiger partial charge in [-0.3, -0.25) is 4.79 Å². The van der Waals surface area contributed by atoms with Crippen LogP contribution in [0.15, 0.2) is 18.2 Å². The fourth-order valence-electron chi connectivity index (χ4n) is 3.29. The monoisotopic (exact) mass is 377 g/mol. The summed E-state index contributed by atoms with van der Waals surface area (Å²) in [6, 6.07) is 5.63. The van der Waals surface area contributed by atoms with E-state index in [9.17, 15) is 9.59 Å².